The van der Waals surface area contributed by atoms with Gasteiger partial charge < -0.3 is 10.6 Å². The van der Waals surface area contributed by atoms with Crippen molar-refractivity contribution >= 4 is 11.6 Å². The van der Waals surface area contributed by atoms with Gasteiger partial charge in [-0.05, 0) is 32.1 Å². The van der Waals surface area contributed by atoms with Crippen LogP contribution in [-0.2, 0) is 6.42 Å². The Morgan fingerprint density at radius 1 is 1.20 bits per heavy atom. The molecule has 4 heteroatoms. The molecule has 1 fully saturated rings. The molecule has 0 amide bonds. The van der Waals surface area contributed by atoms with E-state index >= 15 is 0 Å². The van der Waals surface area contributed by atoms with Gasteiger partial charge in [0.25, 0.3) is 0 Å². The quantitative estimate of drug-likeness (QED) is 0.759. The maximum atomic E-state index is 4.72. The summed E-state index contributed by atoms with van der Waals surface area (Å²) in [4.78, 5) is 9.31. The summed E-state index contributed by atoms with van der Waals surface area (Å²) in [7, 11) is 1.93. The van der Waals surface area contributed by atoms with Crippen LogP contribution in [0.4, 0.5) is 11.6 Å². The highest BCUT2D eigenvalue weighted by Crippen LogP contribution is 2.35. The van der Waals surface area contributed by atoms with E-state index in [0.29, 0.717) is 6.04 Å². The van der Waals surface area contributed by atoms with Crippen LogP contribution < -0.4 is 10.6 Å². The van der Waals surface area contributed by atoms with Crippen LogP contribution in [0, 0.1) is 12.8 Å². The molecule has 0 bridgehead atoms. The van der Waals surface area contributed by atoms with Gasteiger partial charge in [0.2, 0.25) is 0 Å². The molecule has 2 N–H and O–H groups in total. The first-order valence-electron chi connectivity index (χ1n) is 7.99. The van der Waals surface area contributed by atoms with Gasteiger partial charge in [-0.1, -0.05) is 26.7 Å². The van der Waals surface area contributed by atoms with Crippen LogP contribution in [0.2, 0.25) is 0 Å². The highest BCUT2D eigenvalue weighted by atomic mass is 15.1. The zero-order valence-electron chi connectivity index (χ0n) is 13.3. The Balaban J connectivity index is 2.16. The third-order valence-corrected chi connectivity index (χ3v) is 4.05. The molecule has 0 spiro atoms. The van der Waals surface area contributed by atoms with Crippen LogP contribution in [0.3, 0.4) is 0 Å². The third-order valence-electron chi connectivity index (χ3n) is 4.05. The molecule has 1 aliphatic carbocycles. The maximum absolute atomic E-state index is 4.72. The van der Waals surface area contributed by atoms with E-state index in [1.165, 1.54) is 19.3 Å². The van der Waals surface area contributed by atoms with Crippen molar-refractivity contribution in [3.63, 3.8) is 0 Å². The lowest BCUT2D eigenvalue weighted by molar-refractivity contribution is 0.584. The second kappa shape index (κ2) is 6.91. The molecule has 4 nitrogen and oxygen atoms in total. The average Bonchev–Trinajstić information content (AvgIpc) is 3.25. The van der Waals surface area contributed by atoms with Crippen molar-refractivity contribution in [2.24, 2.45) is 5.92 Å². The monoisotopic (exact) mass is 276 g/mol. The molecule has 2 rings (SSSR count). The summed E-state index contributed by atoms with van der Waals surface area (Å²) in [5, 5.41) is 6.84. The predicted octanol–water partition coefficient (Wildman–Crippen LogP) is 3.77. The fraction of sp³-hybridized carbons (Fsp3) is 0.750. The number of aromatic nitrogens is 2. The van der Waals surface area contributed by atoms with Gasteiger partial charge in [0.1, 0.15) is 17.5 Å². The van der Waals surface area contributed by atoms with Crippen molar-refractivity contribution < 1.29 is 0 Å². The Hall–Kier alpha value is -1.32. The van der Waals surface area contributed by atoms with Crippen molar-refractivity contribution in [1.29, 1.82) is 0 Å². The first-order valence-corrected chi connectivity index (χ1v) is 7.99. The smallest absolute Gasteiger partial charge is 0.134 e. The Kier molecular flexibility index (Phi) is 5.21. The summed E-state index contributed by atoms with van der Waals surface area (Å²) in [5.74, 6) is 3.84. The van der Waals surface area contributed by atoms with E-state index in [-0.39, 0.29) is 0 Å². The van der Waals surface area contributed by atoms with Crippen LogP contribution in [-0.4, -0.2) is 23.1 Å². The Morgan fingerprint density at radius 3 is 2.45 bits per heavy atom. The van der Waals surface area contributed by atoms with E-state index in [1.807, 2.05) is 7.05 Å². The van der Waals surface area contributed by atoms with Crippen molar-refractivity contribution in [1.82, 2.24) is 9.97 Å². The molecule has 0 saturated heterocycles. The number of nitrogens with zero attached hydrogens (tertiary/aromatic N) is 2. The number of anilines is 2. The number of nitrogens with one attached hydrogen (secondary N) is 2. The standard InChI is InChI=1S/C16H28N4/c1-5-7-14-19-15(17-4)11(3)16(20-14)18-13(6-2)10-12-8-9-12/h12-13H,5-10H2,1-4H3,(H2,17,18,19,20). The zero-order valence-corrected chi connectivity index (χ0v) is 13.3. The van der Waals surface area contributed by atoms with Crippen molar-refractivity contribution in [2.45, 2.75) is 65.3 Å². The molecular weight excluding hydrogens is 248 g/mol. The van der Waals surface area contributed by atoms with Crippen LogP contribution in [0.25, 0.3) is 0 Å². The highest BCUT2D eigenvalue weighted by molar-refractivity contribution is 5.57. The van der Waals surface area contributed by atoms with Crippen LogP contribution in [0.15, 0.2) is 0 Å². The molecule has 1 heterocycles. The second-order valence-electron chi connectivity index (χ2n) is 5.89. The topological polar surface area (TPSA) is 49.8 Å². The first kappa shape index (κ1) is 15.1. The average molecular weight is 276 g/mol. The number of rotatable bonds is 8. The van der Waals surface area contributed by atoms with Crippen LogP contribution >= 0.6 is 0 Å². The largest absolute Gasteiger partial charge is 0.373 e. The molecule has 1 saturated carbocycles. The molecule has 1 atom stereocenters. The first-order chi connectivity index (χ1) is 9.67. The molecule has 20 heavy (non-hydrogen) atoms. The van der Waals surface area contributed by atoms with E-state index < -0.39 is 0 Å². The minimum atomic E-state index is 0.537. The van der Waals surface area contributed by atoms with Gasteiger partial charge in [-0.15, -0.1) is 0 Å². The van der Waals surface area contributed by atoms with Crippen LogP contribution in [0.5, 0.6) is 0 Å². The lowest BCUT2D eigenvalue weighted by atomic mass is 10.1. The minimum absolute atomic E-state index is 0.537. The molecule has 1 unspecified atom stereocenters. The number of hydrogen-bond donors (Lipinski definition) is 2. The summed E-state index contributed by atoms with van der Waals surface area (Å²) in [6.07, 6.45) is 7.25. The van der Waals surface area contributed by atoms with Gasteiger partial charge in [-0.2, -0.15) is 0 Å². The van der Waals surface area contributed by atoms with E-state index in [0.717, 1.165) is 48.2 Å². The van der Waals surface area contributed by atoms with E-state index in [9.17, 15) is 0 Å². The molecule has 1 aromatic heterocycles. The van der Waals surface area contributed by atoms with Gasteiger partial charge in [0.15, 0.2) is 0 Å². The van der Waals surface area contributed by atoms with Gasteiger partial charge >= 0.3 is 0 Å². The fourth-order valence-corrected chi connectivity index (χ4v) is 2.56. The molecule has 0 aromatic carbocycles. The Bertz CT molecular complexity index is 440. The normalized spacial score (nSPS) is 16.0. The Morgan fingerprint density at radius 2 is 1.90 bits per heavy atom. The summed E-state index contributed by atoms with van der Waals surface area (Å²) in [6, 6.07) is 0.537. The Labute approximate surface area is 122 Å². The molecule has 112 valence electrons. The maximum Gasteiger partial charge on any atom is 0.134 e. The van der Waals surface area contributed by atoms with Crippen molar-refractivity contribution in [2.75, 3.05) is 17.7 Å². The van der Waals surface area contributed by atoms with Gasteiger partial charge in [-0.25, -0.2) is 9.97 Å². The van der Waals surface area contributed by atoms with Crippen molar-refractivity contribution in [3.8, 4) is 0 Å². The molecule has 0 aliphatic heterocycles. The summed E-state index contributed by atoms with van der Waals surface area (Å²) >= 11 is 0. The van der Waals surface area contributed by atoms with Gasteiger partial charge in [0, 0.05) is 25.1 Å². The third kappa shape index (κ3) is 3.84. The highest BCUT2D eigenvalue weighted by Gasteiger charge is 2.25. The summed E-state index contributed by atoms with van der Waals surface area (Å²) < 4.78 is 0. The van der Waals surface area contributed by atoms with Gasteiger partial charge in [0.05, 0.1) is 0 Å². The fourth-order valence-electron chi connectivity index (χ4n) is 2.56. The molecule has 1 aliphatic rings. The minimum Gasteiger partial charge on any atom is -0.373 e. The molecular formula is C16H28N4. The second-order valence-corrected chi connectivity index (χ2v) is 5.89. The lowest BCUT2D eigenvalue weighted by Crippen LogP contribution is -2.21. The molecule has 0 radical (unpaired) electrons. The van der Waals surface area contributed by atoms with Crippen LogP contribution in [0.1, 0.15) is 57.3 Å². The van der Waals surface area contributed by atoms with E-state index in [2.05, 4.69) is 36.4 Å². The SMILES string of the molecule is CCCc1nc(NC)c(C)c(NC(CC)CC2CC2)n1. The summed E-state index contributed by atoms with van der Waals surface area (Å²) in [6.45, 7) is 6.51. The lowest BCUT2D eigenvalue weighted by Gasteiger charge is -2.20. The van der Waals surface area contributed by atoms with E-state index in [4.69, 9.17) is 4.98 Å². The van der Waals surface area contributed by atoms with Crippen molar-refractivity contribution in [3.05, 3.63) is 11.4 Å². The summed E-state index contributed by atoms with van der Waals surface area (Å²) in [5.41, 5.74) is 1.13. The zero-order chi connectivity index (χ0) is 14.5. The van der Waals surface area contributed by atoms with Gasteiger partial charge in [-0.3, -0.25) is 0 Å². The van der Waals surface area contributed by atoms with E-state index in [1.54, 1.807) is 0 Å². The molecule has 1 aromatic rings. The number of aryl methyl sites for hydroxylation is 1. The predicted molar refractivity (Wildman–Crippen MR) is 85.4 cm³/mol. The number of hydrogen-bond acceptors (Lipinski definition) is 4.